The second-order valence-corrected chi connectivity index (χ2v) is 4.98. The van der Waals surface area contributed by atoms with E-state index in [4.69, 9.17) is 0 Å². The van der Waals surface area contributed by atoms with Gasteiger partial charge in [-0.15, -0.1) is 0 Å². The molecule has 1 aliphatic rings. The molecule has 1 aliphatic carbocycles. The number of aliphatic hydroxyl groups is 1. The number of H-pyrrole nitrogens is 1. The van der Waals surface area contributed by atoms with Gasteiger partial charge in [0.25, 0.3) is 5.91 Å². The van der Waals surface area contributed by atoms with E-state index in [1.54, 1.807) is 18.2 Å². The number of benzene rings is 1. The summed E-state index contributed by atoms with van der Waals surface area (Å²) in [4.78, 5) is 12.2. The summed E-state index contributed by atoms with van der Waals surface area (Å²) in [5, 5.41) is 22.7. The quantitative estimate of drug-likeness (QED) is 0.763. The van der Waals surface area contributed by atoms with E-state index in [0.29, 0.717) is 11.1 Å². The Bertz CT molecular complexity index is 595. The number of nitrogens with one attached hydrogen (secondary N) is 2. The number of hydrogen-bond donors (Lipinski definition) is 3. The first kappa shape index (κ1) is 12.1. The Kier molecular flexibility index (Phi) is 3.16. The summed E-state index contributed by atoms with van der Waals surface area (Å²) in [5.74, 6) is 0.0648. The van der Waals surface area contributed by atoms with E-state index >= 15 is 0 Å². The van der Waals surface area contributed by atoms with Gasteiger partial charge in [-0.1, -0.05) is 6.42 Å². The summed E-state index contributed by atoms with van der Waals surface area (Å²) in [7, 11) is 0. The molecule has 2 aromatic rings. The van der Waals surface area contributed by atoms with E-state index in [0.717, 1.165) is 24.8 Å². The summed E-state index contributed by atoms with van der Waals surface area (Å²) in [5.41, 5.74) is 1.99. The maximum absolute atomic E-state index is 12.2. The molecule has 3 rings (SSSR count). The van der Waals surface area contributed by atoms with Crippen molar-refractivity contribution in [2.75, 3.05) is 6.61 Å². The molecule has 19 heavy (non-hydrogen) atoms. The van der Waals surface area contributed by atoms with E-state index in [1.165, 1.54) is 0 Å². The smallest absolute Gasteiger partial charge is 0.251 e. The fourth-order valence-electron chi connectivity index (χ4n) is 2.68. The molecular weight excluding hydrogens is 244 g/mol. The zero-order chi connectivity index (χ0) is 13.2. The van der Waals surface area contributed by atoms with Gasteiger partial charge in [-0.3, -0.25) is 4.79 Å². The first-order chi connectivity index (χ1) is 9.28. The number of aromatic nitrogens is 3. The minimum absolute atomic E-state index is 0.0745. The number of carbonyl (C=O) groups excluding carboxylic acids is 1. The van der Waals surface area contributed by atoms with Crippen LogP contribution in [0.25, 0.3) is 11.0 Å². The molecule has 1 aromatic carbocycles. The van der Waals surface area contributed by atoms with Gasteiger partial charge in [-0.25, -0.2) is 0 Å². The first-order valence-corrected chi connectivity index (χ1v) is 6.50. The number of nitrogens with zero attached hydrogens (tertiary/aromatic N) is 2. The predicted octanol–water partition coefficient (Wildman–Crippen LogP) is 0.849. The highest BCUT2D eigenvalue weighted by Gasteiger charge is 2.28. The van der Waals surface area contributed by atoms with Gasteiger partial charge in [0, 0.05) is 24.1 Å². The van der Waals surface area contributed by atoms with Crippen molar-refractivity contribution in [3.63, 3.8) is 0 Å². The molecule has 0 saturated heterocycles. The van der Waals surface area contributed by atoms with Gasteiger partial charge >= 0.3 is 0 Å². The Morgan fingerprint density at radius 1 is 1.37 bits per heavy atom. The highest BCUT2D eigenvalue weighted by atomic mass is 16.3. The third-order valence-electron chi connectivity index (χ3n) is 3.79. The molecule has 1 saturated carbocycles. The molecule has 3 N–H and O–H groups in total. The fourth-order valence-corrected chi connectivity index (χ4v) is 2.68. The Balaban J connectivity index is 1.76. The van der Waals surface area contributed by atoms with Crippen LogP contribution in [0.4, 0.5) is 0 Å². The van der Waals surface area contributed by atoms with E-state index < -0.39 is 0 Å². The molecule has 6 heteroatoms. The number of hydrogen-bond acceptors (Lipinski definition) is 4. The van der Waals surface area contributed by atoms with Crippen LogP contribution in [0.5, 0.6) is 0 Å². The molecule has 0 radical (unpaired) electrons. The van der Waals surface area contributed by atoms with Crippen LogP contribution in [0.15, 0.2) is 18.2 Å². The van der Waals surface area contributed by atoms with Crippen molar-refractivity contribution in [1.82, 2.24) is 20.7 Å². The zero-order valence-corrected chi connectivity index (χ0v) is 10.5. The lowest BCUT2D eigenvalue weighted by molar-refractivity contribution is 0.0916. The molecule has 1 aromatic heterocycles. The minimum Gasteiger partial charge on any atom is -0.396 e. The highest BCUT2D eigenvalue weighted by molar-refractivity contribution is 5.97. The summed E-state index contributed by atoms with van der Waals surface area (Å²) in [6.45, 7) is 0.132. The molecule has 0 aliphatic heterocycles. The second kappa shape index (κ2) is 4.97. The lowest BCUT2D eigenvalue weighted by Gasteiger charge is -2.18. The van der Waals surface area contributed by atoms with Crippen LogP contribution in [-0.4, -0.2) is 39.1 Å². The SMILES string of the molecule is O=C(NC1CCCC1CO)c1ccc2n[nH]nc2c1. The van der Waals surface area contributed by atoms with Gasteiger partial charge in [-0.2, -0.15) is 15.4 Å². The van der Waals surface area contributed by atoms with E-state index in [-0.39, 0.29) is 24.5 Å². The summed E-state index contributed by atoms with van der Waals surface area (Å²) < 4.78 is 0. The Morgan fingerprint density at radius 3 is 3.05 bits per heavy atom. The van der Waals surface area contributed by atoms with Crippen molar-refractivity contribution < 1.29 is 9.90 Å². The predicted molar refractivity (Wildman–Crippen MR) is 69.6 cm³/mol. The van der Waals surface area contributed by atoms with E-state index in [2.05, 4.69) is 20.7 Å². The normalized spacial score (nSPS) is 22.8. The molecule has 6 nitrogen and oxygen atoms in total. The Hall–Kier alpha value is -1.95. The molecule has 2 unspecified atom stereocenters. The fraction of sp³-hybridized carbons (Fsp3) is 0.462. The molecule has 1 amide bonds. The second-order valence-electron chi connectivity index (χ2n) is 4.98. The van der Waals surface area contributed by atoms with E-state index in [9.17, 15) is 9.90 Å². The lowest BCUT2D eigenvalue weighted by atomic mass is 10.0. The standard InChI is InChI=1S/C13H16N4O2/c18-7-9-2-1-3-10(9)14-13(19)8-4-5-11-12(6-8)16-17-15-11/h4-6,9-10,18H,1-3,7H2,(H,14,19)(H,15,16,17). The summed E-state index contributed by atoms with van der Waals surface area (Å²) >= 11 is 0. The van der Waals surface area contributed by atoms with Crippen molar-refractivity contribution in [2.45, 2.75) is 25.3 Å². The molecule has 0 bridgehead atoms. The summed E-state index contributed by atoms with van der Waals surface area (Å²) in [6.07, 6.45) is 2.96. The number of aromatic amines is 1. The number of fused-ring (bicyclic) bond motifs is 1. The van der Waals surface area contributed by atoms with Crippen molar-refractivity contribution in [1.29, 1.82) is 0 Å². The molecule has 1 heterocycles. The van der Waals surface area contributed by atoms with Crippen LogP contribution in [0, 0.1) is 5.92 Å². The first-order valence-electron chi connectivity index (χ1n) is 6.50. The van der Waals surface area contributed by atoms with Crippen LogP contribution in [-0.2, 0) is 0 Å². The van der Waals surface area contributed by atoms with Gasteiger partial charge < -0.3 is 10.4 Å². The average Bonchev–Trinajstić information content (AvgIpc) is 3.05. The van der Waals surface area contributed by atoms with Crippen molar-refractivity contribution >= 4 is 16.9 Å². The molecular formula is C13H16N4O2. The van der Waals surface area contributed by atoms with Gasteiger partial charge in [0.05, 0.1) is 0 Å². The van der Waals surface area contributed by atoms with Crippen LogP contribution >= 0.6 is 0 Å². The largest absolute Gasteiger partial charge is 0.396 e. The van der Waals surface area contributed by atoms with Crippen molar-refractivity contribution in [3.05, 3.63) is 23.8 Å². The summed E-state index contributed by atoms with van der Waals surface area (Å²) in [6, 6.07) is 5.30. The Labute approximate surface area is 110 Å². The van der Waals surface area contributed by atoms with Crippen molar-refractivity contribution in [2.24, 2.45) is 5.92 Å². The molecule has 1 fully saturated rings. The third-order valence-corrected chi connectivity index (χ3v) is 3.79. The topological polar surface area (TPSA) is 90.9 Å². The van der Waals surface area contributed by atoms with Crippen LogP contribution in [0.3, 0.4) is 0 Å². The van der Waals surface area contributed by atoms with Gasteiger partial charge in [0.2, 0.25) is 0 Å². The number of aliphatic hydroxyl groups excluding tert-OH is 1. The molecule has 2 atom stereocenters. The van der Waals surface area contributed by atoms with Crippen LogP contribution < -0.4 is 5.32 Å². The van der Waals surface area contributed by atoms with Gasteiger partial charge in [0.15, 0.2) is 0 Å². The minimum atomic E-state index is -0.116. The molecule has 0 spiro atoms. The number of carbonyl (C=O) groups is 1. The van der Waals surface area contributed by atoms with Crippen molar-refractivity contribution in [3.8, 4) is 0 Å². The van der Waals surface area contributed by atoms with Crippen LogP contribution in [0.1, 0.15) is 29.6 Å². The Morgan fingerprint density at radius 2 is 2.21 bits per heavy atom. The average molecular weight is 260 g/mol. The molecule has 100 valence electrons. The third kappa shape index (κ3) is 2.31. The maximum Gasteiger partial charge on any atom is 0.251 e. The highest BCUT2D eigenvalue weighted by Crippen LogP contribution is 2.25. The van der Waals surface area contributed by atoms with Gasteiger partial charge in [0.1, 0.15) is 11.0 Å². The van der Waals surface area contributed by atoms with Gasteiger partial charge in [-0.05, 0) is 31.0 Å². The maximum atomic E-state index is 12.2. The number of amides is 1. The zero-order valence-electron chi connectivity index (χ0n) is 10.5. The monoisotopic (exact) mass is 260 g/mol. The number of rotatable bonds is 3. The lowest BCUT2D eigenvalue weighted by Crippen LogP contribution is -2.38. The van der Waals surface area contributed by atoms with E-state index in [1.807, 2.05) is 0 Å². The van der Waals surface area contributed by atoms with Crippen LogP contribution in [0.2, 0.25) is 0 Å².